The summed E-state index contributed by atoms with van der Waals surface area (Å²) >= 11 is 4.19. The van der Waals surface area contributed by atoms with Crippen molar-refractivity contribution >= 4 is 55.5 Å². The Kier molecular flexibility index (Phi) is 6.15. The molecule has 36 heavy (non-hydrogen) atoms. The zero-order chi connectivity index (χ0) is 25.6. The Morgan fingerprint density at radius 3 is 2.53 bits per heavy atom. The first-order chi connectivity index (χ1) is 17.2. The molecule has 0 atom stereocenters. The first-order valence-corrected chi connectivity index (χ1v) is 12.1. The van der Waals surface area contributed by atoms with Crippen LogP contribution in [-0.4, -0.2) is 20.7 Å². The van der Waals surface area contributed by atoms with Gasteiger partial charge >= 0.3 is 11.6 Å². The Labute approximate surface area is 214 Å². The van der Waals surface area contributed by atoms with Gasteiger partial charge in [-0.2, -0.15) is 0 Å². The Morgan fingerprint density at radius 1 is 1.06 bits per heavy atom. The van der Waals surface area contributed by atoms with Gasteiger partial charge in [-0.1, -0.05) is 45.9 Å². The van der Waals surface area contributed by atoms with Crippen molar-refractivity contribution in [3.8, 4) is 5.75 Å². The second-order valence-electron chi connectivity index (χ2n) is 7.89. The number of hydrogen-bond donors (Lipinski definition) is 2. The van der Waals surface area contributed by atoms with Gasteiger partial charge in [-0.25, -0.2) is 14.0 Å². The van der Waals surface area contributed by atoms with Gasteiger partial charge < -0.3 is 19.2 Å². The largest absolute Gasteiger partial charge is 0.505 e. The predicted molar refractivity (Wildman–Crippen MR) is 137 cm³/mol. The van der Waals surface area contributed by atoms with Gasteiger partial charge in [0.15, 0.2) is 11.3 Å². The highest BCUT2D eigenvalue weighted by Crippen LogP contribution is 2.37. The van der Waals surface area contributed by atoms with Crippen LogP contribution in [0.4, 0.5) is 4.39 Å². The number of carboxylic acid groups (broad SMARTS) is 1. The van der Waals surface area contributed by atoms with Crippen molar-refractivity contribution in [3.63, 3.8) is 0 Å². The van der Waals surface area contributed by atoms with Gasteiger partial charge in [0.25, 0.3) is 5.56 Å². The molecule has 2 N–H and O–H groups in total. The van der Waals surface area contributed by atoms with E-state index in [-0.39, 0.29) is 28.0 Å². The zero-order valence-corrected chi connectivity index (χ0v) is 20.6. The normalized spacial score (nSPS) is 11.3. The molecule has 0 fully saturated rings. The molecule has 0 saturated heterocycles. The van der Waals surface area contributed by atoms with Crippen LogP contribution in [0.3, 0.4) is 0 Å². The van der Waals surface area contributed by atoms with Crippen molar-refractivity contribution in [1.82, 2.24) is 4.57 Å². The summed E-state index contributed by atoms with van der Waals surface area (Å²) in [6.45, 7) is 0.0731. The molecular formula is C26H15BrFNO6S. The summed E-state index contributed by atoms with van der Waals surface area (Å²) in [5.74, 6) is -2.12. The van der Waals surface area contributed by atoms with E-state index < -0.39 is 28.7 Å². The van der Waals surface area contributed by atoms with E-state index in [1.165, 1.54) is 34.9 Å². The number of rotatable bonds is 5. The fourth-order valence-corrected chi connectivity index (χ4v) is 5.13. The number of hydrogen-bond acceptors (Lipinski definition) is 6. The van der Waals surface area contributed by atoms with E-state index >= 15 is 0 Å². The summed E-state index contributed by atoms with van der Waals surface area (Å²) in [6.07, 6.45) is 0. The van der Waals surface area contributed by atoms with Crippen molar-refractivity contribution in [1.29, 1.82) is 0 Å². The topological polar surface area (TPSA) is 110 Å². The van der Waals surface area contributed by atoms with Crippen LogP contribution in [0.5, 0.6) is 5.75 Å². The van der Waals surface area contributed by atoms with E-state index in [1.807, 2.05) is 0 Å². The first-order valence-electron chi connectivity index (χ1n) is 10.5. The van der Waals surface area contributed by atoms with E-state index in [0.29, 0.717) is 25.8 Å². The lowest BCUT2D eigenvalue weighted by atomic mass is 10.1. The Hall–Kier alpha value is -3.89. The molecule has 0 unspecified atom stereocenters. The molecule has 0 spiro atoms. The van der Waals surface area contributed by atoms with Crippen molar-refractivity contribution < 1.29 is 23.8 Å². The SMILES string of the molecule is O=C(O)c1cccc(Sc2c(O)c3c(=O)n(Cc4ccc(F)cc4)c4cc(Br)ccc4c3oc2=O)c1. The highest BCUT2D eigenvalue weighted by Gasteiger charge is 2.23. The molecule has 0 radical (unpaired) electrons. The Balaban J connectivity index is 1.76. The van der Waals surface area contributed by atoms with E-state index in [4.69, 9.17) is 4.42 Å². The average molecular weight is 568 g/mol. The molecule has 0 saturated carbocycles. The van der Waals surface area contributed by atoms with Gasteiger partial charge in [0.1, 0.15) is 16.1 Å². The third-order valence-corrected chi connectivity index (χ3v) is 7.12. The van der Waals surface area contributed by atoms with Crippen molar-refractivity contribution in [2.45, 2.75) is 16.3 Å². The molecule has 0 bridgehead atoms. The molecule has 5 rings (SSSR count). The van der Waals surface area contributed by atoms with Gasteiger partial charge in [-0.05, 0) is 54.1 Å². The number of aromatic nitrogens is 1. The molecule has 2 heterocycles. The third-order valence-electron chi connectivity index (χ3n) is 5.57. The van der Waals surface area contributed by atoms with Crippen LogP contribution < -0.4 is 11.2 Å². The van der Waals surface area contributed by atoms with Crippen molar-refractivity contribution in [3.05, 3.63) is 109 Å². The molecule has 5 aromatic rings. The quantitative estimate of drug-likeness (QED) is 0.265. The first kappa shape index (κ1) is 23.8. The maximum atomic E-state index is 13.7. The lowest BCUT2D eigenvalue weighted by molar-refractivity contribution is 0.0696. The number of fused-ring (bicyclic) bond motifs is 3. The lowest BCUT2D eigenvalue weighted by Crippen LogP contribution is -2.23. The number of aromatic hydroxyl groups is 1. The highest BCUT2D eigenvalue weighted by molar-refractivity contribution is 9.10. The Morgan fingerprint density at radius 2 is 1.81 bits per heavy atom. The van der Waals surface area contributed by atoms with Crippen LogP contribution in [0.25, 0.3) is 21.9 Å². The number of aromatic carboxylic acids is 1. The van der Waals surface area contributed by atoms with Crippen molar-refractivity contribution in [2.24, 2.45) is 0 Å². The summed E-state index contributed by atoms with van der Waals surface area (Å²) in [5, 5.41) is 20.6. The van der Waals surface area contributed by atoms with E-state index in [0.717, 1.165) is 11.8 Å². The molecule has 0 amide bonds. The van der Waals surface area contributed by atoms with E-state index in [2.05, 4.69) is 15.9 Å². The molecule has 180 valence electrons. The number of benzene rings is 3. The average Bonchev–Trinajstić information content (AvgIpc) is 2.85. The minimum Gasteiger partial charge on any atom is -0.505 e. The van der Waals surface area contributed by atoms with Gasteiger partial charge in [0, 0.05) is 14.8 Å². The van der Waals surface area contributed by atoms with Crippen LogP contribution in [0, 0.1) is 5.82 Å². The summed E-state index contributed by atoms with van der Waals surface area (Å²) in [6, 6.07) is 16.6. The third kappa shape index (κ3) is 4.29. The number of carbonyl (C=O) groups is 1. The van der Waals surface area contributed by atoms with Crippen LogP contribution in [0.15, 0.2) is 95.0 Å². The molecule has 0 aliphatic rings. The fraction of sp³-hybridized carbons (Fsp3) is 0.0385. The van der Waals surface area contributed by atoms with Crippen LogP contribution in [0.1, 0.15) is 15.9 Å². The van der Waals surface area contributed by atoms with E-state index in [1.54, 1.807) is 36.4 Å². The second kappa shape index (κ2) is 9.29. The molecule has 10 heteroatoms. The highest BCUT2D eigenvalue weighted by atomic mass is 79.9. The number of carboxylic acids is 1. The van der Waals surface area contributed by atoms with Crippen LogP contribution >= 0.6 is 27.7 Å². The van der Waals surface area contributed by atoms with Crippen LogP contribution in [0.2, 0.25) is 0 Å². The molecule has 0 aliphatic heterocycles. The molecule has 0 aliphatic carbocycles. The Bertz CT molecular complexity index is 1800. The van der Waals surface area contributed by atoms with Gasteiger partial charge in [0.2, 0.25) is 0 Å². The summed E-state index contributed by atoms with van der Waals surface area (Å²) < 4.78 is 21.1. The van der Waals surface area contributed by atoms with Gasteiger partial charge in [-0.15, -0.1) is 0 Å². The molecular weight excluding hydrogens is 553 g/mol. The number of halogens is 2. The lowest BCUT2D eigenvalue weighted by Gasteiger charge is -2.14. The molecule has 2 aromatic heterocycles. The maximum Gasteiger partial charge on any atom is 0.354 e. The fourth-order valence-electron chi connectivity index (χ4n) is 3.89. The van der Waals surface area contributed by atoms with Crippen LogP contribution in [-0.2, 0) is 6.54 Å². The van der Waals surface area contributed by atoms with Crippen molar-refractivity contribution in [2.75, 3.05) is 0 Å². The second-order valence-corrected chi connectivity index (χ2v) is 9.89. The predicted octanol–water partition coefficient (Wildman–Crippen LogP) is 5.61. The zero-order valence-electron chi connectivity index (χ0n) is 18.2. The van der Waals surface area contributed by atoms with E-state index in [9.17, 15) is 29.0 Å². The summed E-state index contributed by atoms with van der Waals surface area (Å²) in [4.78, 5) is 38.0. The minimum atomic E-state index is -1.14. The molecule has 7 nitrogen and oxygen atoms in total. The number of pyridine rings is 1. The standard InChI is InChI=1S/C26H15BrFNO6S/c27-15-6-9-18-19(11-15)29(12-13-4-7-16(28)8-5-13)24(31)20-21(30)23(26(34)35-22(18)20)36-17-3-1-2-14(10-17)25(32)33/h1-11,30H,12H2,(H,32,33). The number of nitrogens with zero attached hydrogens (tertiary/aromatic N) is 1. The van der Waals surface area contributed by atoms with Gasteiger partial charge in [0.05, 0.1) is 17.6 Å². The summed E-state index contributed by atoms with van der Waals surface area (Å²) in [7, 11) is 0. The monoisotopic (exact) mass is 567 g/mol. The maximum absolute atomic E-state index is 13.7. The molecule has 3 aromatic carbocycles. The summed E-state index contributed by atoms with van der Waals surface area (Å²) in [5.41, 5.74) is -0.445. The van der Waals surface area contributed by atoms with Gasteiger partial charge in [-0.3, -0.25) is 4.79 Å². The smallest absolute Gasteiger partial charge is 0.354 e. The minimum absolute atomic E-state index is 0.00268.